The minimum atomic E-state index is -3.38. The summed E-state index contributed by atoms with van der Waals surface area (Å²) in [7, 11) is 0. The maximum Gasteiger partial charge on any atom is 0.364 e. The molecule has 0 saturated carbocycles. The number of aliphatic hydroxyl groups is 18. The highest BCUT2D eigenvalue weighted by atomic mass is 16.8. The molecule has 0 aliphatic carbocycles. The third-order valence-corrected chi connectivity index (χ3v) is 14.2. The molecular weight excluding hydrogens is 1070 g/mol. The van der Waals surface area contributed by atoms with Gasteiger partial charge in [-0.1, -0.05) is 0 Å². The molecule has 0 radical (unpaired) electrons. The monoisotopic (exact) mass is 1140 g/mol. The van der Waals surface area contributed by atoms with Crippen LogP contribution in [0.1, 0.15) is 27.2 Å². The lowest BCUT2D eigenvalue weighted by molar-refractivity contribution is -0.405. The van der Waals surface area contributed by atoms with Crippen molar-refractivity contribution in [1.82, 2.24) is 10.6 Å². The van der Waals surface area contributed by atoms with Crippen molar-refractivity contribution in [2.24, 2.45) is 0 Å². The van der Waals surface area contributed by atoms with Crippen LogP contribution < -0.4 is 10.6 Å². The van der Waals surface area contributed by atoms with Gasteiger partial charge in [-0.2, -0.15) is 0 Å². The van der Waals surface area contributed by atoms with Crippen LogP contribution in [-0.4, -0.2) is 338 Å². The van der Waals surface area contributed by atoms with Gasteiger partial charge in [-0.15, -0.1) is 0 Å². The third-order valence-electron chi connectivity index (χ3n) is 14.2. The topological polar surface area (TPSA) is 561 Å². The van der Waals surface area contributed by atoms with E-state index in [1.165, 1.54) is 6.92 Å². The van der Waals surface area contributed by atoms with Crippen molar-refractivity contribution < 1.29 is 164 Å². The first-order chi connectivity index (χ1) is 36.7. The molecule has 0 aromatic heterocycles. The number of ether oxygens (including phenoxy) is 11. The van der Waals surface area contributed by atoms with Gasteiger partial charge in [0.15, 0.2) is 31.5 Å². The molecule has 35 heteroatoms. The van der Waals surface area contributed by atoms with E-state index < -0.39 is 247 Å². The Morgan fingerprint density at radius 3 is 1.60 bits per heavy atom. The van der Waals surface area contributed by atoms with Crippen molar-refractivity contribution in [3.05, 3.63) is 0 Å². The average molecular weight is 1150 g/mol. The van der Waals surface area contributed by atoms with Gasteiger partial charge in [0.2, 0.25) is 11.8 Å². The maximum absolute atomic E-state index is 13.5. The Bertz CT molecular complexity index is 1950. The van der Waals surface area contributed by atoms with Gasteiger partial charge in [0.05, 0.1) is 51.3 Å². The minimum Gasteiger partial charge on any atom is -0.477 e. The minimum absolute atomic E-state index is 0.879. The first kappa shape index (κ1) is 64.4. The Balaban J connectivity index is 1.43. The number of aliphatic hydroxyl groups excluding tert-OH is 18. The van der Waals surface area contributed by atoms with E-state index in [0.29, 0.717) is 0 Å². The second-order valence-electron chi connectivity index (χ2n) is 19.6. The van der Waals surface area contributed by atoms with Gasteiger partial charge in [-0.25, -0.2) is 4.79 Å². The van der Waals surface area contributed by atoms with Crippen LogP contribution in [0.2, 0.25) is 0 Å². The lowest BCUT2D eigenvalue weighted by Gasteiger charge is -2.53. The Labute approximate surface area is 441 Å². The molecule has 0 aromatic rings. The van der Waals surface area contributed by atoms with Crippen LogP contribution in [0.3, 0.4) is 0 Å². The van der Waals surface area contributed by atoms with E-state index in [1.54, 1.807) is 0 Å². The lowest BCUT2D eigenvalue weighted by Crippen LogP contribution is -2.72. The number of aliphatic carboxylic acids is 1. The molecule has 0 aromatic carbocycles. The van der Waals surface area contributed by atoms with Crippen LogP contribution in [0, 0.1) is 0 Å². The lowest BCUT2D eigenvalue weighted by atomic mass is 9.88. The number of carboxylic acids is 1. The molecule has 35 nitrogen and oxygen atoms in total. The predicted molar refractivity (Wildman–Crippen MR) is 238 cm³/mol. The molecule has 2 amide bonds. The number of nitrogens with one attached hydrogen (secondary N) is 2. The standard InChI is InChI=1S/C43H72N2O33/c1-10-21(55)25(59)29(63)39(68-10)76-36-26(60)23(57)15(6-47)71-41(36)75-33-20(45-12(3)52)38(70-16(7-48)24(33)58)74-32-18(9-50)72-40(73-31-17(8-49)69-37(65)28(62)27(31)61)30(64)35(32)78-43(42(66)67)4-13(53)19(44-11(2)51)34(77-43)22(56)14(54)5-46/h10,13-41,46-50,53-65H,4-9H2,1-3H3,(H,44,51)(H,45,52)(H,66,67)/t10?,13?,14-,15?,16?,17?,18?,19?,20?,21?,22-,23?,24?,25?,26?,27?,28?,29?,30?,31?,32?,33?,34?,35?,36?,37?,38?,39?,40?,41?,43+/m1/s1. The fourth-order valence-corrected chi connectivity index (χ4v) is 9.95. The highest BCUT2D eigenvalue weighted by Gasteiger charge is 2.62. The summed E-state index contributed by atoms with van der Waals surface area (Å²) < 4.78 is 63.9. The molecule has 21 N–H and O–H groups in total. The van der Waals surface area contributed by atoms with Gasteiger partial charge < -0.3 is 160 Å². The fraction of sp³-hybridized carbons (Fsp3) is 0.930. The van der Waals surface area contributed by atoms with E-state index in [-0.39, 0.29) is 0 Å². The summed E-state index contributed by atoms with van der Waals surface area (Å²) in [6, 6.07) is -3.74. The van der Waals surface area contributed by atoms with E-state index in [0.717, 1.165) is 13.8 Å². The molecule has 6 rings (SSSR count). The highest BCUT2D eigenvalue weighted by molar-refractivity contribution is 5.76. The van der Waals surface area contributed by atoms with E-state index in [2.05, 4.69) is 10.6 Å². The zero-order chi connectivity index (χ0) is 58.0. The van der Waals surface area contributed by atoms with Crippen LogP contribution in [0.25, 0.3) is 0 Å². The van der Waals surface area contributed by atoms with Crippen LogP contribution in [0.4, 0.5) is 0 Å². The zero-order valence-corrected chi connectivity index (χ0v) is 41.8. The van der Waals surface area contributed by atoms with Gasteiger partial charge >= 0.3 is 5.97 Å². The molecule has 6 saturated heterocycles. The molecular formula is C43H72N2O33. The highest BCUT2D eigenvalue weighted by Crippen LogP contribution is 2.41. The van der Waals surface area contributed by atoms with Crippen molar-refractivity contribution in [1.29, 1.82) is 0 Å². The largest absolute Gasteiger partial charge is 0.477 e. The first-order valence-corrected chi connectivity index (χ1v) is 24.6. The summed E-state index contributed by atoms with van der Waals surface area (Å²) in [6.07, 6.45) is -58.8. The molecule has 31 atom stereocenters. The van der Waals surface area contributed by atoms with Crippen molar-refractivity contribution >= 4 is 17.8 Å². The normalized spacial score (nSPS) is 48.1. The van der Waals surface area contributed by atoms with E-state index in [4.69, 9.17) is 52.1 Å². The summed E-state index contributed by atoms with van der Waals surface area (Å²) in [4.78, 5) is 38.9. The first-order valence-electron chi connectivity index (χ1n) is 24.6. The van der Waals surface area contributed by atoms with Crippen LogP contribution >= 0.6 is 0 Å². The number of carbonyl (C=O) groups excluding carboxylic acids is 2. The molecule has 6 aliphatic rings. The van der Waals surface area contributed by atoms with Gasteiger partial charge in [-0.3, -0.25) is 9.59 Å². The molecule has 28 unspecified atom stereocenters. The smallest absolute Gasteiger partial charge is 0.364 e. The van der Waals surface area contributed by atoms with Crippen molar-refractivity contribution in [2.45, 2.75) is 217 Å². The molecule has 6 aliphatic heterocycles. The van der Waals surface area contributed by atoms with E-state index >= 15 is 0 Å². The average Bonchev–Trinajstić information content (AvgIpc) is 3.48. The number of carbonyl (C=O) groups is 3. The van der Waals surface area contributed by atoms with Crippen molar-refractivity contribution in [2.75, 3.05) is 33.0 Å². The molecule has 452 valence electrons. The molecule has 0 spiro atoms. The summed E-state index contributed by atoms with van der Waals surface area (Å²) >= 11 is 0. The quantitative estimate of drug-likeness (QED) is 0.0538. The number of carboxylic acid groups (broad SMARTS) is 1. The van der Waals surface area contributed by atoms with E-state index in [1.807, 2.05) is 0 Å². The summed E-state index contributed by atoms with van der Waals surface area (Å²) in [5.74, 6) is -7.40. The molecule has 6 fully saturated rings. The summed E-state index contributed by atoms with van der Waals surface area (Å²) in [5, 5.41) is 209. The van der Waals surface area contributed by atoms with Crippen LogP contribution in [0.5, 0.6) is 0 Å². The molecule has 78 heavy (non-hydrogen) atoms. The molecule has 0 bridgehead atoms. The number of amides is 2. The fourth-order valence-electron chi connectivity index (χ4n) is 9.95. The third kappa shape index (κ3) is 13.5. The Kier molecular flexibility index (Phi) is 22.4. The van der Waals surface area contributed by atoms with E-state index in [9.17, 15) is 111 Å². The van der Waals surface area contributed by atoms with Gasteiger partial charge in [0, 0.05) is 20.3 Å². The second kappa shape index (κ2) is 27.1. The zero-order valence-electron chi connectivity index (χ0n) is 41.8. The van der Waals surface area contributed by atoms with Crippen LogP contribution in [-0.2, 0) is 66.5 Å². The Morgan fingerprint density at radius 1 is 0.526 bits per heavy atom. The van der Waals surface area contributed by atoms with Crippen molar-refractivity contribution in [3.8, 4) is 0 Å². The predicted octanol–water partition coefficient (Wildman–Crippen LogP) is -13.6. The number of hydrogen-bond donors (Lipinski definition) is 21. The Morgan fingerprint density at radius 2 is 1.03 bits per heavy atom. The number of hydrogen-bond acceptors (Lipinski definition) is 32. The summed E-state index contributed by atoms with van der Waals surface area (Å²) in [5.41, 5.74) is 0. The number of rotatable bonds is 20. The maximum atomic E-state index is 13.5. The van der Waals surface area contributed by atoms with Crippen LogP contribution in [0.15, 0.2) is 0 Å². The molecule has 6 heterocycles. The Hall–Kier alpha value is -2.75. The SMILES string of the molecule is CC(=O)NC1C(OC2C(CO)OC(OC3C(CO)OC(O)C(O)C3O)C(O)C2O[C@]2(C(=O)O)CC(O)C(NC(C)=O)C([C@H](O)[C@H](O)CO)O2)OC(CO)C(O)C1OC1OC(CO)C(O)C(O)C1OC1OC(C)C(O)C(O)C1O. The van der Waals surface area contributed by atoms with Crippen molar-refractivity contribution in [3.63, 3.8) is 0 Å². The summed E-state index contributed by atoms with van der Waals surface area (Å²) in [6.45, 7) is -2.51. The van der Waals surface area contributed by atoms with Gasteiger partial charge in [-0.05, 0) is 6.92 Å². The van der Waals surface area contributed by atoms with Gasteiger partial charge in [0.1, 0.15) is 134 Å². The second-order valence-corrected chi connectivity index (χ2v) is 19.6. The van der Waals surface area contributed by atoms with Gasteiger partial charge in [0.25, 0.3) is 5.79 Å².